The van der Waals surface area contributed by atoms with Gasteiger partial charge in [-0.05, 0) is 38.8 Å². The van der Waals surface area contributed by atoms with Crippen LogP contribution in [-0.4, -0.2) is 36.2 Å². The van der Waals surface area contributed by atoms with Gasteiger partial charge in [0.05, 0.1) is 12.7 Å². The Hall–Kier alpha value is -1.20. The summed E-state index contributed by atoms with van der Waals surface area (Å²) in [4.78, 5) is 2.26. The lowest BCUT2D eigenvalue weighted by molar-refractivity contribution is -0.0511. The van der Waals surface area contributed by atoms with Gasteiger partial charge in [-0.3, -0.25) is 0 Å². The molecule has 0 spiro atoms. The summed E-state index contributed by atoms with van der Waals surface area (Å²) in [6.07, 6.45) is 3.01. The van der Waals surface area contributed by atoms with Gasteiger partial charge in [0, 0.05) is 23.7 Å². The maximum absolute atomic E-state index is 13.8. The number of nitrogens with zero attached hydrogens (tertiary/aromatic N) is 1. The molecule has 2 atom stereocenters. The van der Waals surface area contributed by atoms with Gasteiger partial charge >= 0.3 is 0 Å². The van der Waals surface area contributed by atoms with E-state index in [-0.39, 0.29) is 23.4 Å². The minimum Gasteiger partial charge on any atom is -0.493 e. The zero-order valence-electron chi connectivity index (χ0n) is 11.7. The maximum Gasteiger partial charge on any atom is 0.168 e. The highest BCUT2D eigenvalue weighted by molar-refractivity contribution is 5.41. The SMILES string of the molecule is COc1c(F)cc(F)cc1C1(O)CC2CCC(C1)N2C. The van der Waals surface area contributed by atoms with E-state index in [1.807, 2.05) is 7.05 Å². The fraction of sp³-hybridized carbons (Fsp3) is 0.600. The molecule has 2 aliphatic rings. The molecule has 20 heavy (non-hydrogen) atoms. The molecule has 1 aromatic carbocycles. The normalized spacial score (nSPS) is 33.5. The predicted molar refractivity (Wildman–Crippen MR) is 70.6 cm³/mol. The average molecular weight is 283 g/mol. The molecular formula is C15H19F2NO2. The number of halogens is 2. The third-order valence-electron chi connectivity index (χ3n) is 4.85. The summed E-state index contributed by atoms with van der Waals surface area (Å²) in [5, 5.41) is 11.0. The van der Waals surface area contributed by atoms with E-state index in [2.05, 4.69) is 4.90 Å². The van der Waals surface area contributed by atoms with Crippen molar-refractivity contribution in [3.05, 3.63) is 29.3 Å². The molecule has 2 fully saturated rings. The molecule has 2 bridgehead atoms. The Kier molecular flexibility index (Phi) is 3.21. The number of rotatable bonds is 2. The molecule has 0 aliphatic carbocycles. The van der Waals surface area contributed by atoms with Crippen LogP contribution in [0.5, 0.6) is 5.75 Å². The van der Waals surface area contributed by atoms with Crippen LogP contribution >= 0.6 is 0 Å². The first-order valence-electron chi connectivity index (χ1n) is 6.92. The average Bonchev–Trinajstić information content (AvgIpc) is 2.62. The van der Waals surface area contributed by atoms with Crippen LogP contribution in [0.25, 0.3) is 0 Å². The topological polar surface area (TPSA) is 32.7 Å². The Labute approximate surface area is 117 Å². The molecular weight excluding hydrogens is 264 g/mol. The van der Waals surface area contributed by atoms with Crippen molar-refractivity contribution in [2.24, 2.45) is 0 Å². The third-order valence-corrected chi connectivity index (χ3v) is 4.85. The zero-order valence-corrected chi connectivity index (χ0v) is 11.7. The highest BCUT2D eigenvalue weighted by atomic mass is 19.1. The van der Waals surface area contributed by atoms with Crippen LogP contribution in [0.2, 0.25) is 0 Å². The molecule has 110 valence electrons. The Bertz CT molecular complexity index is 521. The van der Waals surface area contributed by atoms with Crippen LogP contribution in [0, 0.1) is 11.6 Å². The van der Waals surface area contributed by atoms with E-state index in [0.29, 0.717) is 12.8 Å². The highest BCUT2D eigenvalue weighted by Gasteiger charge is 2.48. The molecule has 3 rings (SSSR count). The predicted octanol–water partition coefficient (Wildman–Crippen LogP) is 2.42. The van der Waals surface area contributed by atoms with Gasteiger partial charge in [0.2, 0.25) is 0 Å². The number of methoxy groups -OCH3 is 1. The van der Waals surface area contributed by atoms with Crippen LogP contribution in [0.15, 0.2) is 12.1 Å². The second kappa shape index (κ2) is 4.67. The van der Waals surface area contributed by atoms with Crippen LogP contribution in [0.3, 0.4) is 0 Å². The monoisotopic (exact) mass is 283 g/mol. The van der Waals surface area contributed by atoms with Crippen molar-refractivity contribution in [2.45, 2.75) is 43.4 Å². The van der Waals surface area contributed by atoms with Gasteiger partial charge in [-0.25, -0.2) is 8.78 Å². The largest absolute Gasteiger partial charge is 0.493 e. The minimum atomic E-state index is -1.22. The van der Waals surface area contributed by atoms with E-state index in [4.69, 9.17) is 4.74 Å². The van der Waals surface area contributed by atoms with Crippen molar-refractivity contribution in [1.29, 1.82) is 0 Å². The summed E-state index contributed by atoms with van der Waals surface area (Å²) in [6.45, 7) is 0. The molecule has 0 saturated carbocycles. The Morgan fingerprint density at radius 1 is 1.25 bits per heavy atom. The number of fused-ring (bicyclic) bond motifs is 2. The van der Waals surface area contributed by atoms with Gasteiger partial charge in [-0.2, -0.15) is 0 Å². The van der Waals surface area contributed by atoms with Crippen molar-refractivity contribution in [2.75, 3.05) is 14.2 Å². The van der Waals surface area contributed by atoms with Gasteiger partial charge in [-0.15, -0.1) is 0 Å². The van der Waals surface area contributed by atoms with Gasteiger partial charge in [0.25, 0.3) is 0 Å². The van der Waals surface area contributed by atoms with Gasteiger partial charge in [-0.1, -0.05) is 0 Å². The highest BCUT2D eigenvalue weighted by Crippen LogP contribution is 2.47. The quantitative estimate of drug-likeness (QED) is 0.905. The molecule has 2 saturated heterocycles. The lowest BCUT2D eigenvalue weighted by Crippen LogP contribution is -2.47. The number of piperidine rings is 1. The Morgan fingerprint density at radius 3 is 2.40 bits per heavy atom. The van der Waals surface area contributed by atoms with Crippen LogP contribution in [-0.2, 0) is 5.60 Å². The summed E-state index contributed by atoms with van der Waals surface area (Å²) in [6, 6.07) is 2.51. The molecule has 0 aromatic heterocycles. The summed E-state index contributed by atoms with van der Waals surface area (Å²) in [5.41, 5.74) is -0.977. The second-order valence-electron chi connectivity index (χ2n) is 5.96. The van der Waals surface area contributed by atoms with E-state index in [1.54, 1.807) is 0 Å². The molecule has 2 heterocycles. The fourth-order valence-corrected chi connectivity index (χ4v) is 3.78. The van der Waals surface area contributed by atoms with Crippen molar-refractivity contribution >= 4 is 0 Å². The Balaban J connectivity index is 2.04. The van der Waals surface area contributed by atoms with Gasteiger partial charge in [0.15, 0.2) is 11.6 Å². The summed E-state index contributed by atoms with van der Waals surface area (Å²) in [5.74, 6) is -1.49. The number of benzene rings is 1. The molecule has 3 nitrogen and oxygen atoms in total. The van der Waals surface area contributed by atoms with E-state index in [1.165, 1.54) is 13.2 Å². The number of aliphatic hydroxyl groups is 1. The number of ether oxygens (including phenoxy) is 1. The fourth-order valence-electron chi connectivity index (χ4n) is 3.78. The lowest BCUT2D eigenvalue weighted by atomic mass is 9.80. The summed E-state index contributed by atoms with van der Waals surface area (Å²) < 4.78 is 32.4. The maximum atomic E-state index is 13.8. The van der Waals surface area contributed by atoms with E-state index < -0.39 is 17.2 Å². The second-order valence-corrected chi connectivity index (χ2v) is 5.96. The van der Waals surface area contributed by atoms with Gasteiger partial charge < -0.3 is 14.7 Å². The summed E-state index contributed by atoms with van der Waals surface area (Å²) in [7, 11) is 3.39. The van der Waals surface area contributed by atoms with Crippen LogP contribution in [0.1, 0.15) is 31.2 Å². The molecule has 2 unspecified atom stereocenters. The number of hydrogen-bond donors (Lipinski definition) is 1. The van der Waals surface area contributed by atoms with Crippen LogP contribution in [0.4, 0.5) is 8.78 Å². The van der Waals surface area contributed by atoms with Crippen molar-refractivity contribution < 1.29 is 18.6 Å². The van der Waals surface area contributed by atoms with E-state index >= 15 is 0 Å². The Morgan fingerprint density at radius 2 is 1.85 bits per heavy atom. The minimum absolute atomic E-state index is 0.0437. The van der Waals surface area contributed by atoms with E-state index in [0.717, 1.165) is 18.9 Å². The molecule has 0 amide bonds. The van der Waals surface area contributed by atoms with Crippen LogP contribution < -0.4 is 4.74 Å². The van der Waals surface area contributed by atoms with Gasteiger partial charge in [0.1, 0.15) is 5.82 Å². The zero-order chi connectivity index (χ0) is 14.5. The smallest absolute Gasteiger partial charge is 0.168 e. The first-order valence-corrected chi connectivity index (χ1v) is 6.92. The molecule has 1 N–H and O–H groups in total. The molecule has 1 aromatic rings. The van der Waals surface area contributed by atoms with E-state index in [9.17, 15) is 13.9 Å². The van der Waals surface area contributed by atoms with Crippen molar-refractivity contribution in [3.63, 3.8) is 0 Å². The molecule has 0 radical (unpaired) electrons. The number of hydrogen-bond acceptors (Lipinski definition) is 3. The molecule has 5 heteroatoms. The first kappa shape index (κ1) is 13.8. The van der Waals surface area contributed by atoms with Crippen molar-refractivity contribution in [3.8, 4) is 5.75 Å². The standard InChI is InChI=1S/C15H19F2NO2/c1-18-10-3-4-11(18)8-15(19,7-10)12-5-9(16)6-13(17)14(12)20-2/h5-6,10-11,19H,3-4,7-8H2,1-2H3. The van der Waals surface area contributed by atoms with Crippen molar-refractivity contribution in [1.82, 2.24) is 4.90 Å². The third kappa shape index (κ3) is 2.00. The summed E-state index contributed by atoms with van der Waals surface area (Å²) >= 11 is 0. The lowest BCUT2D eigenvalue weighted by Gasteiger charge is -2.42. The molecule has 2 aliphatic heterocycles. The first-order chi connectivity index (χ1) is 9.44.